The van der Waals surface area contributed by atoms with Gasteiger partial charge in [-0.3, -0.25) is 4.79 Å². The lowest BCUT2D eigenvalue weighted by atomic mass is 10.1. The molecule has 1 atom stereocenters. The van der Waals surface area contributed by atoms with E-state index in [0.717, 1.165) is 12.1 Å². The van der Waals surface area contributed by atoms with Crippen LogP contribution >= 0.6 is 0 Å². The molecule has 0 radical (unpaired) electrons. The van der Waals surface area contributed by atoms with Crippen LogP contribution in [0.3, 0.4) is 0 Å². The number of hydrogen-bond acceptors (Lipinski definition) is 4. The number of amides is 1. The molecule has 0 bridgehead atoms. The zero-order valence-corrected chi connectivity index (χ0v) is 11.1. The number of benzene rings is 1. The van der Waals surface area contributed by atoms with Crippen LogP contribution in [0, 0.1) is 5.82 Å². The molecule has 0 aliphatic heterocycles. The Hall–Kier alpha value is -1.99. The number of rotatable bonds is 7. The first-order valence-electron chi connectivity index (χ1n) is 6.04. The third kappa shape index (κ3) is 4.60. The zero-order valence-electron chi connectivity index (χ0n) is 11.1. The normalized spacial score (nSPS) is 11.9. The van der Waals surface area contributed by atoms with Crippen LogP contribution in [0.15, 0.2) is 18.2 Å². The molecule has 0 saturated heterocycles. The van der Waals surface area contributed by atoms with Crippen LogP contribution in [0.25, 0.3) is 0 Å². The predicted molar refractivity (Wildman–Crippen MR) is 71.1 cm³/mol. The lowest BCUT2D eigenvalue weighted by molar-refractivity contribution is -0.117. The third-order valence-electron chi connectivity index (χ3n) is 2.66. The van der Waals surface area contributed by atoms with E-state index < -0.39 is 29.3 Å². The Morgan fingerprint density at radius 3 is 2.80 bits per heavy atom. The Morgan fingerprint density at radius 1 is 1.50 bits per heavy atom. The Morgan fingerprint density at radius 2 is 2.20 bits per heavy atom. The van der Waals surface area contributed by atoms with Gasteiger partial charge in [0.15, 0.2) is 0 Å². The van der Waals surface area contributed by atoms with Crippen molar-refractivity contribution < 1.29 is 23.8 Å². The molecule has 6 nitrogen and oxygen atoms in total. The van der Waals surface area contributed by atoms with Crippen molar-refractivity contribution in [1.82, 2.24) is 0 Å². The number of hydrogen-bond donors (Lipinski definition) is 3. The van der Waals surface area contributed by atoms with Crippen LogP contribution in [0.2, 0.25) is 0 Å². The summed E-state index contributed by atoms with van der Waals surface area (Å²) in [7, 11) is 1.55. The number of anilines is 1. The van der Waals surface area contributed by atoms with Gasteiger partial charge < -0.3 is 20.9 Å². The number of methoxy groups -OCH3 is 1. The molecule has 0 aliphatic rings. The van der Waals surface area contributed by atoms with E-state index in [1.165, 1.54) is 6.07 Å². The van der Waals surface area contributed by atoms with Gasteiger partial charge in [-0.2, -0.15) is 0 Å². The summed E-state index contributed by atoms with van der Waals surface area (Å²) in [6.45, 7) is 0.501. The maximum absolute atomic E-state index is 13.2. The fourth-order valence-electron chi connectivity index (χ4n) is 1.58. The van der Waals surface area contributed by atoms with Gasteiger partial charge in [-0.25, -0.2) is 9.18 Å². The highest BCUT2D eigenvalue weighted by Crippen LogP contribution is 2.15. The standard InChI is InChI=1S/C13H17FN2O4/c1-20-6-2-3-11(15)12(17)16-8-4-5-10(14)9(7-8)13(18)19/h4-5,7,11H,2-3,6,15H2,1H3,(H,16,17)(H,18,19). The summed E-state index contributed by atoms with van der Waals surface area (Å²) in [4.78, 5) is 22.5. The van der Waals surface area contributed by atoms with Gasteiger partial charge in [0.05, 0.1) is 11.6 Å². The molecule has 1 unspecified atom stereocenters. The van der Waals surface area contributed by atoms with Gasteiger partial charge in [0.2, 0.25) is 5.91 Å². The van der Waals surface area contributed by atoms with Gasteiger partial charge in [0.1, 0.15) is 5.82 Å². The van der Waals surface area contributed by atoms with Crippen molar-refractivity contribution >= 4 is 17.6 Å². The van der Waals surface area contributed by atoms with Crippen molar-refractivity contribution in [2.75, 3.05) is 19.0 Å². The lowest BCUT2D eigenvalue weighted by Gasteiger charge is -2.12. The largest absolute Gasteiger partial charge is 0.478 e. The molecular weight excluding hydrogens is 267 g/mol. The lowest BCUT2D eigenvalue weighted by Crippen LogP contribution is -2.35. The molecule has 20 heavy (non-hydrogen) atoms. The minimum absolute atomic E-state index is 0.191. The van der Waals surface area contributed by atoms with E-state index in [-0.39, 0.29) is 5.69 Å². The van der Waals surface area contributed by atoms with Gasteiger partial charge >= 0.3 is 5.97 Å². The molecular formula is C13H17FN2O4. The average molecular weight is 284 g/mol. The summed E-state index contributed by atoms with van der Waals surface area (Å²) in [6.07, 6.45) is 1.07. The first-order chi connectivity index (χ1) is 9.45. The third-order valence-corrected chi connectivity index (χ3v) is 2.66. The maximum Gasteiger partial charge on any atom is 0.338 e. The van der Waals surface area contributed by atoms with Crippen molar-refractivity contribution in [3.63, 3.8) is 0 Å². The van der Waals surface area contributed by atoms with E-state index >= 15 is 0 Å². The smallest absolute Gasteiger partial charge is 0.338 e. The molecule has 1 aromatic rings. The minimum Gasteiger partial charge on any atom is -0.478 e. The molecule has 4 N–H and O–H groups in total. The second-order valence-electron chi connectivity index (χ2n) is 4.23. The first kappa shape index (κ1) is 16.1. The fourth-order valence-corrected chi connectivity index (χ4v) is 1.58. The summed E-state index contributed by atoms with van der Waals surface area (Å²) < 4.78 is 18.0. The van der Waals surface area contributed by atoms with E-state index in [1.54, 1.807) is 7.11 Å². The molecule has 0 aliphatic carbocycles. The number of carboxylic acid groups (broad SMARTS) is 1. The highest BCUT2D eigenvalue weighted by atomic mass is 19.1. The van der Waals surface area contributed by atoms with Crippen molar-refractivity contribution in [2.24, 2.45) is 5.73 Å². The molecule has 0 aromatic heterocycles. The molecule has 7 heteroatoms. The van der Waals surface area contributed by atoms with Crippen LogP contribution in [0.5, 0.6) is 0 Å². The van der Waals surface area contributed by atoms with Crippen LogP contribution in [0.4, 0.5) is 10.1 Å². The fraction of sp³-hybridized carbons (Fsp3) is 0.385. The second-order valence-corrected chi connectivity index (χ2v) is 4.23. The Kier molecular flexibility index (Phi) is 6.08. The molecule has 0 fully saturated rings. The average Bonchev–Trinajstić information content (AvgIpc) is 2.40. The predicted octanol–water partition coefficient (Wildman–Crippen LogP) is 1.22. The number of halogens is 1. The first-order valence-corrected chi connectivity index (χ1v) is 6.04. The van der Waals surface area contributed by atoms with Gasteiger partial charge in [0, 0.05) is 19.4 Å². The molecule has 1 rings (SSSR count). The quantitative estimate of drug-likeness (QED) is 0.653. The summed E-state index contributed by atoms with van der Waals surface area (Å²) in [6, 6.07) is 2.58. The minimum atomic E-state index is -1.40. The van der Waals surface area contributed by atoms with Crippen LogP contribution in [-0.4, -0.2) is 36.7 Å². The Bertz CT molecular complexity index is 493. The van der Waals surface area contributed by atoms with E-state index in [9.17, 15) is 14.0 Å². The van der Waals surface area contributed by atoms with Crippen molar-refractivity contribution in [3.05, 3.63) is 29.6 Å². The molecule has 110 valence electrons. The van der Waals surface area contributed by atoms with E-state index in [2.05, 4.69) is 5.32 Å². The second kappa shape index (κ2) is 7.56. The van der Waals surface area contributed by atoms with Gasteiger partial charge in [-0.05, 0) is 31.0 Å². The van der Waals surface area contributed by atoms with Gasteiger partial charge in [-0.15, -0.1) is 0 Å². The summed E-state index contributed by atoms with van der Waals surface area (Å²) in [5.41, 5.74) is 5.36. The number of carboxylic acids is 1. The van der Waals surface area contributed by atoms with Crippen molar-refractivity contribution in [2.45, 2.75) is 18.9 Å². The number of carbonyl (C=O) groups excluding carboxylic acids is 1. The van der Waals surface area contributed by atoms with Crippen molar-refractivity contribution in [1.29, 1.82) is 0 Å². The number of carbonyl (C=O) groups is 2. The molecule has 1 aromatic carbocycles. The van der Waals surface area contributed by atoms with Crippen molar-refractivity contribution in [3.8, 4) is 0 Å². The van der Waals surface area contributed by atoms with Gasteiger partial charge in [0.25, 0.3) is 0 Å². The SMILES string of the molecule is COCCCC(N)C(=O)Nc1ccc(F)c(C(=O)O)c1. The van der Waals surface area contributed by atoms with Crippen LogP contribution in [-0.2, 0) is 9.53 Å². The number of ether oxygens (including phenoxy) is 1. The summed E-state index contributed by atoms with van der Waals surface area (Å²) in [5, 5.41) is 11.2. The van der Waals surface area contributed by atoms with E-state index in [4.69, 9.17) is 15.6 Å². The monoisotopic (exact) mass is 284 g/mol. The summed E-state index contributed by atoms with van der Waals surface area (Å²) >= 11 is 0. The Labute approximate surface area is 115 Å². The van der Waals surface area contributed by atoms with Crippen LogP contribution < -0.4 is 11.1 Å². The van der Waals surface area contributed by atoms with Gasteiger partial charge in [-0.1, -0.05) is 0 Å². The topological polar surface area (TPSA) is 102 Å². The zero-order chi connectivity index (χ0) is 15.1. The molecule has 0 spiro atoms. The number of nitrogens with two attached hydrogens (primary N) is 1. The highest BCUT2D eigenvalue weighted by molar-refractivity contribution is 5.96. The highest BCUT2D eigenvalue weighted by Gasteiger charge is 2.15. The van der Waals surface area contributed by atoms with Crippen LogP contribution in [0.1, 0.15) is 23.2 Å². The molecule has 0 heterocycles. The van der Waals surface area contributed by atoms with E-state index in [1.807, 2.05) is 0 Å². The maximum atomic E-state index is 13.2. The summed E-state index contributed by atoms with van der Waals surface area (Å²) in [5.74, 6) is -2.72. The molecule has 0 saturated carbocycles. The Balaban J connectivity index is 2.66. The number of aromatic carboxylic acids is 1. The molecule has 1 amide bonds. The van der Waals surface area contributed by atoms with E-state index in [0.29, 0.717) is 19.4 Å². The number of nitrogens with one attached hydrogen (secondary N) is 1.